The largest absolute Gasteiger partial charge is 0.496 e. The fourth-order valence-corrected chi connectivity index (χ4v) is 4.14. The minimum Gasteiger partial charge on any atom is -0.496 e. The van der Waals surface area contributed by atoms with Crippen LogP contribution < -0.4 is 25.0 Å². The summed E-state index contributed by atoms with van der Waals surface area (Å²) in [4.78, 5) is 37.8. The number of pyridine rings is 3. The second kappa shape index (κ2) is 10.8. The molecule has 1 amide bonds. The number of hydrogen-bond donors (Lipinski definition) is 2. The van der Waals surface area contributed by atoms with Gasteiger partial charge in [-0.25, -0.2) is 13.8 Å². The molecule has 202 valence electrons. The van der Waals surface area contributed by atoms with Crippen LogP contribution in [0.4, 0.5) is 14.5 Å². The second-order valence-electron chi connectivity index (χ2n) is 8.63. The Hall–Kier alpha value is -5.32. The Kier molecular flexibility index (Phi) is 7.11. The number of ether oxygens (including phenoxy) is 3. The molecule has 0 aliphatic rings. The smallest absolute Gasteiger partial charge is 0.261 e. The maximum atomic E-state index is 15.0. The number of carbonyl (C=O) groups is 1. The number of H-pyrrole nitrogens is 1. The first-order chi connectivity index (χ1) is 19.3. The molecular formula is C29H22F2N4O5. The number of methoxy groups -OCH3 is 2. The zero-order valence-electron chi connectivity index (χ0n) is 21.5. The molecule has 0 radical (unpaired) electrons. The van der Waals surface area contributed by atoms with Crippen LogP contribution in [0.2, 0.25) is 0 Å². The van der Waals surface area contributed by atoms with E-state index in [0.717, 1.165) is 12.1 Å². The molecule has 5 rings (SSSR count). The molecule has 0 unspecified atom stereocenters. The fraction of sp³-hybridized carbons (Fsp3) is 0.103. The van der Waals surface area contributed by atoms with Gasteiger partial charge in [-0.05, 0) is 31.2 Å². The summed E-state index contributed by atoms with van der Waals surface area (Å²) < 4.78 is 44.8. The number of rotatable bonds is 7. The van der Waals surface area contributed by atoms with E-state index in [1.54, 1.807) is 19.1 Å². The summed E-state index contributed by atoms with van der Waals surface area (Å²) >= 11 is 0. The number of aromatic amines is 1. The van der Waals surface area contributed by atoms with Crippen molar-refractivity contribution >= 4 is 22.6 Å². The third-order valence-electron chi connectivity index (χ3n) is 6.12. The van der Waals surface area contributed by atoms with Crippen molar-refractivity contribution in [2.75, 3.05) is 19.5 Å². The highest BCUT2D eigenvalue weighted by Gasteiger charge is 2.21. The molecule has 9 nitrogen and oxygen atoms in total. The highest BCUT2D eigenvalue weighted by atomic mass is 19.1. The Labute approximate surface area is 226 Å². The molecule has 0 saturated heterocycles. The summed E-state index contributed by atoms with van der Waals surface area (Å²) in [6, 6.07) is 10.8. The predicted octanol–water partition coefficient (Wildman–Crippen LogP) is 5.63. The van der Waals surface area contributed by atoms with E-state index in [9.17, 15) is 14.0 Å². The molecule has 5 aromatic rings. The number of nitrogens with one attached hydrogen (secondary N) is 2. The Balaban J connectivity index is 1.41. The standard InChI is InChI=1S/C29H22F2N4O5/c1-15-26(28(36)20(14-33-15)19-6-4-16(30)10-25(19)39-3)29(37)35-17-5-7-23(21(31)11-17)40-24-8-9-32-22-12-18(38-2)13-34-27(22)24/h4-14H,1-3H3,(H,33,36)(H,35,37). The number of carbonyl (C=O) groups excluding carboxylic acids is 1. The van der Waals surface area contributed by atoms with Crippen molar-refractivity contribution in [2.45, 2.75) is 6.92 Å². The molecule has 0 aliphatic heterocycles. The second-order valence-corrected chi connectivity index (χ2v) is 8.63. The molecule has 0 bridgehead atoms. The van der Waals surface area contributed by atoms with Crippen LogP contribution >= 0.6 is 0 Å². The van der Waals surface area contributed by atoms with Gasteiger partial charge in [-0.1, -0.05) is 0 Å². The highest BCUT2D eigenvalue weighted by molar-refractivity contribution is 6.05. The van der Waals surface area contributed by atoms with Crippen molar-refractivity contribution in [3.05, 3.63) is 100 Å². The summed E-state index contributed by atoms with van der Waals surface area (Å²) in [5.41, 5.74) is 0.931. The molecular weight excluding hydrogens is 522 g/mol. The zero-order chi connectivity index (χ0) is 28.4. The van der Waals surface area contributed by atoms with Gasteiger partial charge in [0.2, 0.25) is 5.43 Å². The Morgan fingerprint density at radius 2 is 1.75 bits per heavy atom. The summed E-state index contributed by atoms with van der Waals surface area (Å²) in [6.45, 7) is 1.56. The highest BCUT2D eigenvalue weighted by Crippen LogP contribution is 2.32. The fourth-order valence-electron chi connectivity index (χ4n) is 4.14. The minimum atomic E-state index is -0.758. The van der Waals surface area contributed by atoms with E-state index < -0.39 is 23.0 Å². The first-order valence-corrected chi connectivity index (χ1v) is 11.9. The van der Waals surface area contributed by atoms with Crippen LogP contribution in [0.25, 0.3) is 22.2 Å². The normalized spacial score (nSPS) is 10.8. The van der Waals surface area contributed by atoms with E-state index in [1.807, 2.05) is 0 Å². The van der Waals surface area contributed by atoms with E-state index in [1.165, 1.54) is 57.1 Å². The lowest BCUT2D eigenvalue weighted by Gasteiger charge is -2.13. The third-order valence-corrected chi connectivity index (χ3v) is 6.12. The predicted molar refractivity (Wildman–Crippen MR) is 144 cm³/mol. The van der Waals surface area contributed by atoms with Gasteiger partial charge in [0.05, 0.1) is 25.9 Å². The van der Waals surface area contributed by atoms with Gasteiger partial charge in [0.25, 0.3) is 5.91 Å². The van der Waals surface area contributed by atoms with Crippen molar-refractivity contribution in [2.24, 2.45) is 0 Å². The first-order valence-electron chi connectivity index (χ1n) is 11.9. The summed E-state index contributed by atoms with van der Waals surface area (Å²) in [5, 5.41) is 2.55. The maximum absolute atomic E-state index is 15.0. The van der Waals surface area contributed by atoms with Crippen molar-refractivity contribution in [3.8, 4) is 34.1 Å². The molecule has 2 aromatic carbocycles. The van der Waals surface area contributed by atoms with Crippen LogP contribution in [-0.2, 0) is 0 Å². The van der Waals surface area contributed by atoms with Crippen LogP contribution in [0.5, 0.6) is 23.0 Å². The van der Waals surface area contributed by atoms with E-state index in [2.05, 4.69) is 20.3 Å². The quantitative estimate of drug-likeness (QED) is 0.273. The van der Waals surface area contributed by atoms with Crippen LogP contribution in [0.15, 0.2) is 71.9 Å². The summed E-state index contributed by atoms with van der Waals surface area (Å²) in [5.74, 6) is -1.24. The summed E-state index contributed by atoms with van der Waals surface area (Å²) in [7, 11) is 2.86. The zero-order valence-corrected chi connectivity index (χ0v) is 21.5. The maximum Gasteiger partial charge on any atom is 0.261 e. The van der Waals surface area contributed by atoms with E-state index in [4.69, 9.17) is 14.2 Å². The lowest BCUT2D eigenvalue weighted by Crippen LogP contribution is -2.25. The number of aromatic nitrogens is 3. The van der Waals surface area contributed by atoms with Crippen molar-refractivity contribution in [1.29, 1.82) is 0 Å². The van der Waals surface area contributed by atoms with E-state index in [0.29, 0.717) is 28.0 Å². The number of nitrogens with zero attached hydrogens (tertiary/aromatic N) is 2. The molecule has 0 saturated carbocycles. The minimum absolute atomic E-state index is 0.0980. The van der Waals surface area contributed by atoms with E-state index in [-0.39, 0.29) is 34.1 Å². The van der Waals surface area contributed by atoms with Gasteiger partial charge < -0.3 is 24.5 Å². The van der Waals surface area contributed by atoms with Crippen LogP contribution in [-0.4, -0.2) is 35.1 Å². The van der Waals surface area contributed by atoms with Gasteiger partial charge in [0.1, 0.15) is 28.4 Å². The Morgan fingerprint density at radius 1 is 0.925 bits per heavy atom. The average molecular weight is 545 g/mol. The summed E-state index contributed by atoms with van der Waals surface area (Å²) in [6.07, 6.45) is 4.42. The Morgan fingerprint density at radius 3 is 2.50 bits per heavy atom. The molecule has 0 spiro atoms. The first kappa shape index (κ1) is 26.3. The lowest BCUT2D eigenvalue weighted by molar-refractivity contribution is 0.102. The number of fused-ring (bicyclic) bond motifs is 1. The molecule has 3 aromatic heterocycles. The van der Waals surface area contributed by atoms with Crippen molar-refractivity contribution < 1.29 is 27.8 Å². The van der Waals surface area contributed by atoms with Crippen LogP contribution in [0.3, 0.4) is 0 Å². The Bertz CT molecular complexity index is 1820. The van der Waals surface area contributed by atoms with Gasteiger partial charge in [0, 0.05) is 59.2 Å². The molecule has 11 heteroatoms. The van der Waals surface area contributed by atoms with Crippen LogP contribution in [0.1, 0.15) is 16.1 Å². The van der Waals surface area contributed by atoms with Gasteiger partial charge in [-0.3, -0.25) is 14.6 Å². The molecule has 0 aliphatic carbocycles. The van der Waals surface area contributed by atoms with Gasteiger partial charge >= 0.3 is 0 Å². The SMILES string of the molecule is COc1cnc2c(Oc3ccc(NC(=O)c4c(C)[nH]cc(-c5ccc(F)cc5OC)c4=O)cc3F)ccnc2c1. The number of anilines is 1. The van der Waals surface area contributed by atoms with Crippen molar-refractivity contribution in [3.63, 3.8) is 0 Å². The van der Waals surface area contributed by atoms with Gasteiger partial charge in [-0.15, -0.1) is 0 Å². The number of halogens is 2. The molecule has 0 fully saturated rings. The molecule has 0 atom stereocenters. The monoisotopic (exact) mass is 544 g/mol. The number of amides is 1. The number of hydrogen-bond acceptors (Lipinski definition) is 7. The third kappa shape index (κ3) is 5.04. The van der Waals surface area contributed by atoms with Gasteiger partial charge in [-0.2, -0.15) is 0 Å². The van der Waals surface area contributed by atoms with Gasteiger partial charge in [0.15, 0.2) is 17.3 Å². The van der Waals surface area contributed by atoms with Crippen LogP contribution in [0, 0.1) is 18.6 Å². The molecule has 3 heterocycles. The average Bonchev–Trinajstić information content (AvgIpc) is 2.94. The molecule has 40 heavy (non-hydrogen) atoms. The molecule has 2 N–H and O–H groups in total. The van der Waals surface area contributed by atoms with Crippen molar-refractivity contribution in [1.82, 2.24) is 15.0 Å². The topological polar surface area (TPSA) is 115 Å². The lowest BCUT2D eigenvalue weighted by atomic mass is 10.0. The van der Waals surface area contributed by atoms with E-state index >= 15 is 4.39 Å². The number of benzene rings is 2. The number of aryl methyl sites for hydroxylation is 1.